The molecule has 0 saturated heterocycles. The fraction of sp³-hybridized carbons (Fsp3) is 0.520. The summed E-state index contributed by atoms with van der Waals surface area (Å²) in [7, 11) is 1.68. The topological polar surface area (TPSA) is 30.5 Å². The van der Waals surface area contributed by atoms with Crippen LogP contribution in [0.4, 0.5) is 4.39 Å². The van der Waals surface area contributed by atoms with Gasteiger partial charge in [-0.25, -0.2) is 4.39 Å². The van der Waals surface area contributed by atoms with Gasteiger partial charge in [0.15, 0.2) is 11.5 Å². The largest absolute Gasteiger partial charge is 0.493 e. The van der Waals surface area contributed by atoms with Gasteiger partial charge in [0, 0.05) is 18.2 Å². The standard InChI is InChI=1S/C25H30FNO2/c1-28-23-4-2-3-19(25(23)29-15-16-5-7-22(26)8-6-16)14-27-24-20-10-17-9-18(12-20)13-21(24)11-17/h2-8,17-18,20-21,24,27H,9-15H2,1H3. The molecule has 4 bridgehead atoms. The van der Waals surface area contributed by atoms with E-state index in [0.717, 1.165) is 52.8 Å². The summed E-state index contributed by atoms with van der Waals surface area (Å²) in [5.74, 6) is 4.98. The summed E-state index contributed by atoms with van der Waals surface area (Å²) in [5, 5.41) is 3.89. The second-order valence-electron chi connectivity index (χ2n) is 9.20. The molecule has 4 saturated carbocycles. The lowest BCUT2D eigenvalue weighted by atomic mass is 9.54. The van der Waals surface area contributed by atoms with Crippen LogP contribution in [0.15, 0.2) is 42.5 Å². The van der Waals surface area contributed by atoms with Gasteiger partial charge in [-0.1, -0.05) is 24.3 Å². The van der Waals surface area contributed by atoms with Gasteiger partial charge >= 0.3 is 0 Å². The van der Waals surface area contributed by atoms with E-state index in [4.69, 9.17) is 9.47 Å². The quantitative estimate of drug-likeness (QED) is 0.688. The third-order valence-electron chi connectivity index (χ3n) is 7.33. The predicted octanol–water partition coefficient (Wildman–Crippen LogP) is 5.33. The molecule has 0 heterocycles. The van der Waals surface area contributed by atoms with Crippen LogP contribution in [0, 0.1) is 29.5 Å². The maximum absolute atomic E-state index is 13.2. The van der Waals surface area contributed by atoms with E-state index < -0.39 is 0 Å². The minimum absolute atomic E-state index is 0.230. The number of nitrogens with one attached hydrogen (secondary N) is 1. The van der Waals surface area contributed by atoms with Gasteiger partial charge in [-0.3, -0.25) is 0 Å². The lowest BCUT2D eigenvalue weighted by Crippen LogP contribution is -2.54. The Morgan fingerprint density at radius 1 is 0.931 bits per heavy atom. The van der Waals surface area contributed by atoms with Gasteiger partial charge in [-0.15, -0.1) is 0 Å². The molecule has 4 heteroatoms. The Morgan fingerprint density at radius 2 is 1.62 bits per heavy atom. The highest BCUT2D eigenvalue weighted by Crippen LogP contribution is 2.53. The third kappa shape index (κ3) is 3.87. The van der Waals surface area contributed by atoms with Crippen molar-refractivity contribution < 1.29 is 13.9 Å². The number of benzene rings is 2. The van der Waals surface area contributed by atoms with E-state index in [9.17, 15) is 4.39 Å². The Kier molecular flexibility index (Phi) is 5.21. The number of hydrogen-bond acceptors (Lipinski definition) is 3. The molecule has 4 aliphatic rings. The molecule has 1 N–H and O–H groups in total. The highest BCUT2D eigenvalue weighted by molar-refractivity contribution is 5.46. The van der Waals surface area contributed by atoms with Crippen molar-refractivity contribution >= 4 is 0 Å². The van der Waals surface area contributed by atoms with Crippen LogP contribution in [-0.2, 0) is 13.2 Å². The fourth-order valence-electron chi connectivity index (χ4n) is 6.25. The number of hydrogen-bond donors (Lipinski definition) is 1. The van der Waals surface area contributed by atoms with Crippen LogP contribution in [0.1, 0.15) is 43.2 Å². The average Bonchev–Trinajstić information content (AvgIpc) is 2.72. The Hall–Kier alpha value is -2.07. The van der Waals surface area contributed by atoms with Crippen LogP contribution >= 0.6 is 0 Å². The Balaban J connectivity index is 1.29. The van der Waals surface area contributed by atoms with Crippen molar-refractivity contribution in [1.29, 1.82) is 0 Å². The highest BCUT2D eigenvalue weighted by Gasteiger charge is 2.47. The lowest BCUT2D eigenvalue weighted by molar-refractivity contribution is -0.0143. The zero-order chi connectivity index (χ0) is 19.8. The fourth-order valence-corrected chi connectivity index (χ4v) is 6.25. The first-order valence-corrected chi connectivity index (χ1v) is 11.0. The van der Waals surface area contributed by atoms with Crippen molar-refractivity contribution in [1.82, 2.24) is 5.32 Å². The summed E-state index contributed by atoms with van der Waals surface area (Å²) in [5.41, 5.74) is 2.07. The molecule has 0 unspecified atom stereocenters. The van der Waals surface area contributed by atoms with Crippen molar-refractivity contribution in [3.05, 3.63) is 59.4 Å². The molecule has 4 fully saturated rings. The van der Waals surface area contributed by atoms with E-state index in [1.165, 1.54) is 44.2 Å². The van der Waals surface area contributed by atoms with Crippen molar-refractivity contribution in [3.8, 4) is 11.5 Å². The van der Waals surface area contributed by atoms with Crippen molar-refractivity contribution in [2.45, 2.75) is 51.3 Å². The van der Waals surface area contributed by atoms with Gasteiger partial charge in [0.05, 0.1) is 7.11 Å². The smallest absolute Gasteiger partial charge is 0.166 e. The average molecular weight is 396 g/mol. The molecule has 2 aromatic carbocycles. The van der Waals surface area contributed by atoms with Gasteiger partial charge in [-0.05, 0) is 79.5 Å². The molecule has 0 spiro atoms. The van der Waals surface area contributed by atoms with Gasteiger partial charge < -0.3 is 14.8 Å². The third-order valence-corrected chi connectivity index (χ3v) is 7.33. The molecule has 0 radical (unpaired) electrons. The number of halogens is 1. The van der Waals surface area contributed by atoms with E-state index >= 15 is 0 Å². The maximum atomic E-state index is 13.2. The summed E-state index contributed by atoms with van der Waals surface area (Å²) < 4.78 is 24.9. The normalized spacial score (nSPS) is 29.8. The van der Waals surface area contributed by atoms with Crippen molar-refractivity contribution in [2.75, 3.05) is 7.11 Å². The summed E-state index contributed by atoms with van der Waals surface area (Å²) in [6.45, 7) is 1.19. The molecule has 0 aliphatic heterocycles. The second kappa shape index (κ2) is 7.98. The zero-order valence-corrected chi connectivity index (χ0v) is 17.1. The maximum Gasteiger partial charge on any atom is 0.166 e. The summed E-state index contributed by atoms with van der Waals surface area (Å²) in [6, 6.07) is 13.2. The van der Waals surface area contributed by atoms with Crippen LogP contribution in [-0.4, -0.2) is 13.2 Å². The molecule has 0 aromatic heterocycles. The first kappa shape index (κ1) is 18.9. The molecule has 0 amide bonds. The summed E-state index contributed by atoms with van der Waals surface area (Å²) in [4.78, 5) is 0. The molecule has 4 aliphatic carbocycles. The van der Waals surface area contributed by atoms with Crippen LogP contribution in [0.2, 0.25) is 0 Å². The SMILES string of the molecule is COc1cccc(CNC2C3CC4CC(C3)CC2C4)c1OCc1ccc(F)cc1. The van der Waals surface area contributed by atoms with Crippen LogP contribution in [0.5, 0.6) is 11.5 Å². The van der Waals surface area contributed by atoms with E-state index in [1.807, 2.05) is 12.1 Å². The predicted molar refractivity (Wildman–Crippen MR) is 111 cm³/mol. The molecule has 3 nitrogen and oxygen atoms in total. The Morgan fingerprint density at radius 3 is 2.28 bits per heavy atom. The van der Waals surface area contributed by atoms with E-state index in [2.05, 4.69) is 11.4 Å². The first-order valence-electron chi connectivity index (χ1n) is 11.0. The number of ether oxygens (including phenoxy) is 2. The molecule has 154 valence electrons. The lowest BCUT2D eigenvalue weighted by Gasteiger charge is -2.54. The van der Waals surface area contributed by atoms with Crippen LogP contribution < -0.4 is 14.8 Å². The second-order valence-corrected chi connectivity index (χ2v) is 9.20. The minimum atomic E-state index is -0.230. The number of para-hydroxylation sites is 1. The monoisotopic (exact) mass is 395 g/mol. The first-order chi connectivity index (χ1) is 14.2. The van der Waals surface area contributed by atoms with Crippen LogP contribution in [0.25, 0.3) is 0 Å². The molecular formula is C25H30FNO2. The van der Waals surface area contributed by atoms with Gasteiger partial charge in [0.1, 0.15) is 12.4 Å². The minimum Gasteiger partial charge on any atom is -0.493 e. The number of methoxy groups -OCH3 is 1. The van der Waals surface area contributed by atoms with E-state index in [0.29, 0.717) is 12.6 Å². The summed E-state index contributed by atoms with van der Waals surface area (Å²) in [6.07, 6.45) is 7.14. The highest BCUT2D eigenvalue weighted by atomic mass is 19.1. The van der Waals surface area contributed by atoms with Gasteiger partial charge in [0.2, 0.25) is 0 Å². The zero-order valence-electron chi connectivity index (χ0n) is 17.1. The van der Waals surface area contributed by atoms with Crippen molar-refractivity contribution in [2.24, 2.45) is 23.7 Å². The molecule has 29 heavy (non-hydrogen) atoms. The Labute approximate surface area is 172 Å². The molecular weight excluding hydrogens is 365 g/mol. The summed E-state index contributed by atoms with van der Waals surface area (Å²) >= 11 is 0. The molecule has 2 aromatic rings. The molecule has 6 rings (SSSR count). The van der Waals surface area contributed by atoms with Crippen LogP contribution in [0.3, 0.4) is 0 Å². The molecule has 0 atom stereocenters. The number of rotatable bonds is 7. The van der Waals surface area contributed by atoms with Gasteiger partial charge in [-0.2, -0.15) is 0 Å². The van der Waals surface area contributed by atoms with Crippen molar-refractivity contribution in [3.63, 3.8) is 0 Å². The van der Waals surface area contributed by atoms with Gasteiger partial charge in [0.25, 0.3) is 0 Å². The van der Waals surface area contributed by atoms with E-state index in [1.54, 1.807) is 19.2 Å². The Bertz CT molecular complexity index is 822. The van der Waals surface area contributed by atoms with E-state index in [-0.39, 0.29) is 5.82 Å².